The van der Waals surface area contributed by atoms with Crippen molar-refractivity contribution in [2.24, 2.45) is 0 Å². The zero-order valence-electron chi connectivity index (χ0n) is 5.96. The first-order valence-corrected chi connectivity index (χ1v) is 2.21. The van der Waals surface area contributed by atoms with Gasteiger partial charge in [0.2, 0.25) is 0 Å². The second-order valence-electron chi connectivity index (χ2n) is 1.21. The third-order valence-electron chi connectivity index (χ3n) is 0.604. The molecule has 0 nitrogen and oxygen atoms in total. The predicted octanol–water partition coefficient (Wildman–Crippen LogP) is 3.70. The molecule has 0 radical (unpaired) electrons. The smallest absolute Gasteiger partial charge is 0 e. The molecule has 5 heteroatoms. The normalized spacial score (nSPS) is 4.20. The molecule has 0 saturated carbocycles. The van der Waals surface area contributed by atoms with Gasteiger partial charge in [0.1, 0.15) is 0 Å². The van der Waals surface area contributed by atoms with Gasteiger partial charge < -0.3 is 6.92 Å². The molecule has 0 aliphatic rings. The van der Waals surface area contributed by atoms with Crippen LogP contribution in [-0.2, 0) is 21.7 Å². The molecule has 0 aromatic heterocycles. The Hall–Kier alpha value is 1.87. The minimum absolute atomic E-state index is 0. The quantitative estimate of drug-likeness (QED) is 0.527. The van der Waals surface area contributed by atoms with Crippen LogP contribution in [0.15, 0.2) is 0 Å². The Labute approximate surface area is 104 Å². The van der Waals surface area contributed by atoms with Crippen molar-refractivity contribution in [3.8, 4) is 0 Å². The van der Waals surface area contributed by atoms with Crippen molar-refractivity contribution < 1.29 is 21.7 Å². The average molecular weight is 265 g/mol. The largest absolute Gasteiger partial charge is 0.343 e. The van der Waals surface area contributed by atoms with Gasteiger partial charge in [-0.3, -0.25) is 0 Å². The molecule has 0 aromatic rings. The molecule has 0 unspecified atom stereocenters. The number of hydrogen-bond acceptors (Lipinski definition) is 0. The van der Waals surface area contributed by atoms with E-state index in [9.17, 15) is 0 Å². The van der Waals surface area contributed by atoms with Crippen LogP contribution in [0.5, 0.6) is 0 Å². The van der Waals surface area contributed by atoms with Crippen LogP contribution < -0.4 is 0 Å². The minimum atomic E-state index is 0. The van der Waals surface area contributed by atoms with Gasteiger partial charge in [0.05, 0.1) is 0 Å². The maximum Gasteiger partial charge on any atom is 0 e. The number of rotatable bonds is 2. The summed E-state index contributed by atoms with van der Waals surface area (Å²) in [5.74, 6) is 0. The van der Waals surface area contributed by atoms with Crippen molar-refractivity contribution in [1.29, 1.82) is 0 Å². The molecule has 0 N–H and O–H groups in total. The number of hydrogen-bond donors (Lipinski definition) is 0. The van der Waals surface area contributed by atoms with E-state index in [0.29, 0.717) is 0 Å². The van der Waals surface area contributed by atoms with Gasteiger partial charge in [0.25, 0.3) is 0 Å². The van der Waals surface area contributed by atoms with E-state index in [1.807, 2.05) is 0 Å². The second kappa shape index (κ2) is 44.6. The van der Waals surface area contributed by atoms with Crippen LogP contribution in [0.4, 0.5) is 0 Å². The maximum absolute atomic E-state index is 3.68. The molecule has 0 aromatic carbocycles. The standard InChI is InChI=1S/C5H11.4ClH.Ti/c1-3-5-4-2;;;;;/h1,3-5H2,2H3;4*1H;/q-1;;;;;. The fourth-order valence-electron chi connectivity index (χ4n) is 0.250. The molecule has 0 fully saturated rings. The Balaban J connectivity index is -0.00000000800. The van der Waals surface area contributed by atoms with Gasteiger partial charge in [-0.2, -0.15) is 6.42 Å². The van der Waals surface area contributed by atoms with Crippen molar-refractivity contribution in [3.05, 3.63) is 6.92 Å². The molecule has 10 heavy (non-hydrogen) atoms. The molecular weight excluding hydrogens is 250 g/mol. The van der Waals surface area contributed by atoms with Crippen molar-refractivity contribution >= 4 is 49.6 Å². The second-order valence-corrected chi connectivity index (χ2v) is 1.21. The van der Waals surface area contributed by atoms with Crippen LogP contribution in [0.25, 0.3) is 0 Å². The van der Waals surface area contributed by atoms with Gasteiger partial charge in [-0.05, 0) is 0 Å². The van der Waals surface area contributed by atoms with Crippen LogP contribution in [0.2, 0.25) is 0 Å². The summed E-state index contributed by atoms with van der Waals surface area (Å²) in [5.41, 5.74) is 0. The SMILES string of the molecule is Cl.Cl.Cl.Cl.[CH2-]CCCC.[Ti]. The summed E-state index contributed by atoms with van der Waals surface area (Å²) in [4.78, 5) is 0. The first kappa shape index (κ1) is 40.7. The maximum atomic E-state index is 3.68. The van der Waals surface area contributed by atoms with Crippen LogP contribution in [0, 0.1) is 6.92 Å². The molecule has 0 spiro atoms. The monoisotopic (exact) mass is 263 g/mol. The fourth-order valence-corrected chi connectivity index (χ4v) is 0.250. The van der Waals surface area contributed by atoms with Crippen LogP contribution >= 0.6 is 49.6 Å². The van der Waals surface area contributed by atoms with E-state index < -0.39 is 0 Å². The summed E-state index contributed by atoms with van der Waals surface area (Å²) < 4.78 is 0. The van der Waals surface area contributed by atoms with E-state index in [-0.39, 0.29) is 71.3 Å². The van der Waals surface area contributed by atoms with E-state index in [1.165, 1.54) is 12.8 Å². The van der Waals surface area contributed by atoms with E-state index in [4.69, 9.17) is 0 Å². The van der Waals surface area contributed by atoms with Crippen molar-refractivity contribution in [3.63, 3.8) is 0 Å². The van der Waals surface area contributed by atoms with E-state index in [1.54, 1.807) is 0 Å². The summed E-state index contributed by atoms with van der Waals surface area (Å²) in [6, 6.07) is 0. The average Bonchev–Trinajstić information content (AvgIpc) is 1.41. The molecular formula is C5H15Cl4Ti-. The topological polar surface area (TPSA) is 0 Å². The van der Waals surface area contributed by atoms with Gasteiger partial charge in [-0.15, -0.1) is 49.6 Å². The van der Waals surface area contributed by atoms with Gasteiger partial charge >= 0.3 is 0 Å². The van der Waals surface area contributed by atoms with Crippen molar-refractivity contribution in [2.45, 2.75) is 26.2 Å². The summed E-state index contributed by atoms with van der Waals surface area (Å²) >= 11 is 0. The first-order valence-electron chi connectivity index (χ1n) is 2.21. The Morgan fingerprint density at radius 1 is 1.00 bits per heavy atom. The summed E-state index contributed by atoms with van der Waals surface area (Å²) in [5, 5.41) is 0. The van der Waals surface area contributed by atoms with Gasteiger partial charge in [0.15, 0.2) is 0 Å². The molecule has 0 heterocycles. The van der Waals surface area contributed by atoms with E-state index >= 15 is 0 Å². The minimum Gasteiger partial charge on any atom is -0.343 e. The molecule has 0 atom stereocenters. The predicted molar refractivity (Wildman–Crippen MR) is 53.9 cm³/mol. The van der Waals surface area contributed by atoms with E-state index in [0.717, 1.165) is 6.42 Å². The molecule has 0 aliphatic carbocycles. The Morgan fingerprint density at radius 3 is 1.30 bits per heavy atom. The van der Waals surface area contributed by atoms with E-state index in [2.05, 4.69) is 13.8 Å². The third-order valence-corrected chi connectivity index (χ3v) is 0.604. The fraction of sp³-hybridized carbons (Fsp3) is 0.800. The van der Waals surface area contributed by atoms with Gasteiger partial charge in [0, 0.05) is 21.7 Å². The Bertz CT molecular complexity index is 21.1. The molecule has 0 saturated heterocycles. The third kappa shape index (κ3) is 51.8. The molecule has 68 valence electrons. The summed E-state index contributed by atoms with van der Waals surface area (Å²) in [6.45, 7) is 5.85. The van der Waals surface area contributed by atoms with Crippen LogP contribution in [0.1, 0.15) is 26.2 Å². The Kier molecular flexibility index (Phi) is 182. The number of unbranched alkanes of at least 4 members (excludes halogenated alkanes) is 2. The zero-order valence-corrected chi connectivity index (χ0v) is 10.8. The molecule has 0 amide bonds. The summed E-state index contributed by atoms with van der Waals surface area (Å²) in [6.07, 6.45) is 3.65. The van der Waals surface area contributed by atoms with Gasteiger partial charge in [-0.1, -0.05) is 19.8 Å². The molecule has 0 bridgehead atoms. The van der Waals surface area contributed by atoms with Crippen LogP contribution in [-0.4, -0.2) is 0 Å². The van der Waals surface area contributed by atoms with Crippen LogP contribution in [0.3, 0.4) is 0 Å². The number of halogens is 4. The first-order chi connectivity index (χ1) is 2.41. The van der Waals surface area contributed by atoms with Gasteiger partial charge in [-0.25, -0.2) is 0 Å². The van der Waals surface area contributed by atoms with Crippen molar-refractivity contribution in [2.75, 3.05) is 0 Å². The molecule has 0 aliphatic heterocycles. The Morgan fingerprint density at radius 2 is 1.30 bits per heavy atom. The summed E-state index contributed by atoms with van der Waals surface area (Å²) in [7, 11) is 0. The molecule has 0 rings (SSSR count). The zero-order chi connectivity index (χ0) is 4.12. The van der Waals surface area contributed by atoms with Crippen molar-refractivity contribution in [1.82, 2.24) is 0 Å².